The van der Waals surface area contributed by atoms with Crippen LogP contribution < -0.4 is 5.32 Å². The van der Waals surface area contributed by atoms with Gasteiger partial charge in [0.25, 0.3) is 0 Å². The van der Waals surface area contributed by atoms with Crippen molar-refractivity contribution in [2.24, 2.45) is 5.92 Å². The van der Waals surface area contributed by atoms with Gasteiger partial charge in [-0.1, -0.05) is 13.8 Å². The van der Waals surface area contributed by atoms with Gasteiger partial charge in [0, 0.05) is 6.61 Å². The Labute approximate surface area is 97.3 Å². The van der Waals surface area contributed by atoms with Gasteiger partial charge in [0.2, 0.25) is 5.91 Å². The van der Waals surface area contributed by atoms with Gasteiger partial charge in [-0.25, -0.2) is 0 Å². The smallest absolute Gasteiger partial charge is 0.241 e. The van der Waals surface area contributed by atoms with Gasteiger partial charge in [-0.15, -0.1) is 0 Å². The summed E-state index contributed by atoms with van der Waals surface area (Å²) in [6.07, 6.45) is 2.28. The van der Waals surface area contributed by atoms with E-state index in [0.29, 0.717) is 12.5 Å². The maximum atomic E-state index is 12.3. The lowest BCUT2D eigenvalue weighted by molar-refractivity contribution is -0.135. The summed E-state index contributed by atoms with van der Waals surface area (Å²) in [6.45, 7) is 7.78. The van der Waals surface area contributed by atoms with Crippen LogP contribution in [0.15, 0.2) is 0 Å². The number of rotatable bonds is 2. The average Bonchev–Trinajstić information content (AvgIpc) is 2.56. The topological polar surface area (TPSA) is 41.6 Å². The number of amides is 1. The monoisotopic (exact) mass is 226 g/mol. The minimum atomic E-state index is -0.0167. The van der Waals surface area contributed by atoms with Crippen LogP contribution in [0.25, 0.3) is 0 Å². The highest BCUT2D eigenvalue weighted by molar-refractivity contribution is 5.84. The minimum absolute atomic E-state index is 0.0167. The van der Waals surface area contributed by atoms with Crippen molar-refractivity contribution in [2.75, 3.05) is 13.2 Å². The van der Waals surface area contributed by atoms with Crippen LogP contribution in [0.1, 0.15) is 33.6 Å². The fourth-order valence-electron chi connectivity index (χ4n) is 2.68. The molecule has 4 heteroatoms. The molecule has 0 aliphatic carbocycles. The Hall–Kier alpha value is -0.610. The van der Waals surface area contributed by atoms with Crippen LogP contribution in [0.2, 0.25) is 0 Å². The first-order valence-corrected chi connectivity index (χ1v) is 6.27. The summed E-state index contributed by atoms with van der Waals surface area (Å²) in [6, 6.07) is 0.254. The van der Waals surface area contributed by atoms with Gasteiger partial charge in [-0.2, -0.15) is 0 Å². The van der Waals surface area contributed by atoms with Crippen molar-refractivity contribution in [3.63, 3.8) is 0 Å². The average molecular weight is 226 g/mol. The molecule has 0 spiro atoms. The third-order valence-corrected chi connectivity index (χ3v) is 3.55. The first-order chi connectivity index (χ1) is 7.61. The van der Waals surface area contributed by atoms with Crippen molar-refractivity contribution >= 4 is 5.91 Å². The van der Waals surface area contributed by atoms with E-state index in [9.17, 15) is 4.79 Å². The molecule has 0 aromatic heterocycles. The molecule has 0 radical (unpaired) electrons. The number of hydrogen-bond acceptors (Lipinski definition) is 3. The van der Waals surface area contributed by atoms with Crippen LogP contribution in [0.3, 0.4) is 0 Å². The Bertz CT molecular complexity index is 262. The Morgan fingerprint density at radius 1 is 1.50 bits per heavy atom. The van der Waals surface area contributed by atoms with E-state index in [1.165, 1.54) is 0 Å². The molecule has 0 aromatic carbocycles. The zero-order valence-electron chi connectivity index (χ0n) is 10.4. The molecule has 2 aliphatic rings. The molecule has 2 heterocycles. The van der Waals surface area contributed by atoms with E-state index < -0.39 is 0 Å². The van der Waals surface area contributed by atoms with Crippen LogP contribution in [0.4, 0.5) is 0 Å². The maximum absolute atomic E-state index is 12.3. The summed E-state index contributed by atoms with van der Waals surface area (Å²) in [5.74, 6) is 0.599. The van der Waals surface area contributed by atoms with Gasteiger partial charge in [0.05, 0.1) is 24.9 Å². The number of nitrogens with zero attached hydrogens (tertiary/aromatic N) is 1. The second-order valence-corrected chi connectivity index (χ2v) is 5.18. The van der Waals surface area contributed by atoms with Gasteiger partial charge < -0.3 is 9.64 Å². The van der Waals surface area contributed by atoms with Gasteiger partial charge in [0.15, 0.2) is 0 Å². The number of nitrogens with one attached hydrogen (secondary N) is 1. The number of hydrogen-bond donors (Lipinski definition) is 1. The third-order valence-electron chi connectivity index (χ3n) is 3.55. The SMILES string of the molecule is CC(C)C1NC(C)N(C2CCCOC2)C1=O. The van der Waals surface area contributed by atoms with Crippen molar-refractivity contribution in [1.82, 2.24) is 10.2 Å². The van der Waals surface area contributed by atoms with E-state index in [2.05, 4.69) is 26.1 Å². The van der Waals surface area contributed by atoms with Gasteiger partial charge in [-0.3, -0.25) is 10.1 Å². The van der Waals surface area contributed by atoms with Crippen molar-refractivity contribution in [3.8, 4) is 0 Å². The molecule has 2 rings (SSSR count). The van der Waals surface area contributed by atoms with Crippen molar-refractivity contribution in [3.05, 3.63) is 0 Å². The zero-order chi connectivity index (χ0) is 11.7. The van der Waals surface area contributed by atoms with Crippen molar-refractivity contribution < 1.29 is 9.53 Å². The third kappa shape index (κ3) is 2.09. The summed E-state index contributed by atoms with van der Waals surface area (Å²) in [5.41, 5.74) is 0. The normalized spacial score (nSPS) is 36.1. The fourth-order valence-corrected chi connectivity index (χ4v) is 2.68. The van der Waals surface area contributed by atoms with Crippen LogP contribution in [-0.4, -0.2) is 42.3 Å². The molecule has 1 amide bonds. The zero-order valence-corrected chi connectivity index (χ0v) is 10.4. The Morgan fingerprint density at radius 2 is 2.25 bits per heavy atom. The summed E-state index contributed by atoms with van der Waals surface area (Å²) in [7, 11) is 0. The molecule has 3 unspecified atom stereocenters. The van der Waals surface area contributed by atoms with E-state index in [0.717, 1.165) is 19.4 Å². The molecule has 3 atom stereocenters. The summed E-state index contributed by atoms with van der Waals surface area (Å²) >= 11 is 0. The predicted molar refractivity (Wildman–Crippen MR) is 61.9 cm³/mol. The first kappa shape index (κ1) is 11.9. The van der Waals surface area contributed by atoms with Gasteiger partial charge in [0.1, 0.15) is 0 Å². The van der Waals surface area contributed by atoms with Crippen molar-refractivity contribution in [2.45, 2.75) is 51.9 Å². The summed E-state index contributed by atoms with van der Waals surface area (Å²) in [5, 5.41) is 3.37. The van der Waals surface area contributed by atoms with E-state index in [-0.39, 0.29) is 24.2 Å². The molecule has 92 valence electrons. The second kappa shape index (κ2) is 4.72. The Morgan fingerprint density at radius 3 is 2.75 bits per heavy atom. The van der Waals surface area contributed by atoms with E-state index in [1.54, 1.807) is 0 Å². The maximum Gasteiger partial charge on any atom is 0.241 e. The minimum Gasteiger partial charge on any atom is -0.379 e. The first-order valence-electron chi connectivity index (χ1n) is 6.27. The van der Waals surface area contributed by atoms with E-state index in [1.807, 2.05) is 4.90 Å². The van der Waals surface area contributed by atoms with Crippen LogP contribution in [0.5, 0.6) is 0 Å². The highest BCUT2D eigenvalue weighted by atomic mass is 16.5. The van der Waals surface area contributed by atoms with Gasteiger partial charge >= 0.3 is 0 Å². The summed E-state index contributed by atoms with van der Waals surface area (Å²) in [4.78, 5) is 14.3. The lowest BCUT2D eigenvalue weighted by Gasteiger charge is -2.33. The van der Waals surface area contributed by atoms with Crippen LogP contribution >= 0.6 is 0 Å². The molecule has 2 aliphatic heterocycles. The molecule has 4 nitrogen and oxygen atoms in total. The van der Waals surface area contributed by atoms with E-state index in [4.69, 9.17) is 4.74 Å². The molecule has 2 fully saturated rings. The number of carbonyl (C=O) groups is 1. The predicted octanol–water partition coefficient (Wildman–Crippen LogP) is 0.968. The lowest BCUT2D eigenvalue weighted by Crippen LogP contribution is -2.47. The molecule has 1 N–H and O–H groups in total. The molecular formula is C12H22N2O2. The highest BCUT2D eigenvalue weighted by Crippen LogP contribution is 2.23. The Balaban J connectivity index is 2.06. The van der Waals surface area contributed by atoms with Crippen LogP contribution in [0, 0.1) is 5.92 Å². The number of carbonyl (C=O) groups excluding carboxylic acids is 1. The lowest BCUT2D eigenvalue weighted by atomic mass is 10.0. The van der Waals surface area contributed by atoms with Crippen molar-refractivity contribution in [1.29, 1.82) is 0 Å². The molecular weight excluding hydrogens is 204 g/mol. The quantitative estimate of drug-likeness (QED) is 0.763. The molecule has 0 saturated carbocycles. The Kier molecular flexibility index (Phi) is 3.50. The van der Waals surface area contributed by atoms with E-state index >= 15 is 0 Å². The fraction of sp³-hybridized carbons (Fsp3) is 0.917. The van der Waals surface area contributed by atoms with Gasteiger partial charge in [-0.05, 0) is 25.7 Å². The molecule has 16 heavy (non-hydrogen) atoms. The standard InChI is InChI=1S/C12H22N2O2/c1-8(2)11-12(15)14(9(3)13-11)10-5-4-6-16-7-10/h8-11,13H,4-7H2,1-3H3. The van der Waals surface area contributed by atoms with Crippen LogP contribution in [-0.2, 0) is 9.53 Å². The molecule has 0 aromatic rings. The largest absolute Gasteiger partial charge is 0.379 e. The molecule has 2 saturated heterocycles. The summed E-state index contributed by atoms with van der Waals surface area (Å²) < 4.78 is 5.47. The molecule has 0 bridgehead atoms. The number of ether oxygens (including phenoxy) is 1. The second-order valence-electron chi connectivity index (χ2n) is 5.18. The highest BCUT2D eigenvalue weighted by Gasteiger charge is 2.41.